The fourth-order valence-corrected chi connectivity index (χ4v) is 3.65. The summed E-state index contributed by atoms with van der Waals surface area (Å²) in [6.45, 7) is 3.12. The van der Waals surface area contributed by atoms with Gasteiger partial charge in [-0.3, -0.25) is 0 Å². The highest BCUT2D eigenvalue weighted by Crippen LogP contribution is 2.34. The largest absolute Gasteiger partial charge is 0.384 e. The highest BCUT2D eigenvalue weighted by molar-refractivity contribution is 5.66. The van der Waals surface area contributed by atoms with Crippen molar-refractivity contribution in [1.29, 1.82) is 0 Å². The number of benzene rings is 2. The number of aryl methyl sites for hydroxylation is 1. The Balaban J connectivity index is 1.81. The van der Waals surface area contributed by atoms with Gasteiger partial charge in [-0.25, -0.2) is 13.2 Å². The van der Waals surface area contributed by atoms with Crippen molar-refractivity contribution in [3.8, 4) is 11.1 Å². The zero-order valence-corrected chi connectivity index (χ0v) is 15.7. The average molecular weight is 378 g/mol. The van der Waals surface area contributed by atoms with E-state index in [4.69, 9.17) is 9.47 Å². The maximum absolute atomic E-state index is 14.7. The Bertz CT molecular complexity index is 783. The second-order valence-electron chi connectivity index (χ2n) is 7.11. The summed E-state index contributed by atoms with van der Waals surface area (Å²) in [5.74, 6) is -2.10. The van der Waals surface area contributed by atoms with Crippen LogP contribution in [0.3, 0.4) is 0 Å². The van der Waals surface area contributed by atoms with E-state index < -0.39 is 17.5 Å². The van der Waals surface area contributed by atoms with Gasteiger partial charge >= 0.3 is 0 Å². The molecule has 2 atom stereocenters. The molecular formula is C22H25F3O2. The molecule has 146 valence electrons. The molecule has 0 aromatic heterocycles. The van der Waals surface area contributed by atoms with Crippen molar-refractivity contribution in [2.45, 2.75) is 38.7 Å². The summed E-state index contributed by atoms with van der Waals surface area (Å²) < 4.78 is 54.3. The van der Waals surface area contributed by atoms with Crippen LogP contribution in [0, 0.1) is 23.4 Å². The Morgan fingerprint density at radius 1 is 1.04 bits per heavy atom. The second kappa shape index (κ2) is 8.89. The minimum Gasteiger partial charge on any atom is -0.384 e. The lowest BCUT2D eigenvalue weighted by Gasteiger charge is -2.29. The molecule has 27 heavy (non-hydrogen) atoms. The van der Waals surface area contributed by atoms with Crippen LogP contribution in [0.1, 0.15) is 43.4 Å². The molecule has 2 unspecified atom stereocenters. The molecule has 1 fully saturated rings. The first-order valence-electron chi connectivity index (χ1n) is 9.42. The van der Waals surface area contributed by atoms with Crippen molar-refractivity contribution in [3.05, 3.63) is 58.9 Å². The van der Waals surface area contributed by atoms with Gasteiger partial charge in [0.1, 0.15) is 5.82 Å². The summed E-state index contributed by atoms with van der Waals surface area (Å²) >= 11 is 0. The van der Waals surface area contributed by atoms with E-state index in [-0.39, 0.29) is 17.2 Å². The van der Waals surface area contributed by atoms with Crippen molar-refractivity contribution in [1.82, 2.24) is 0 Å². The van der Waals surface area contributed by atoms with Crippen LogP contribution in [0.4, 0.5) is 13.2 Å². The maximum atomic E-state index is 14.7. The van der Waals surface area contributed by atoms with Gasteiger partial charge in [-0.2, -0.15) is 0 Å². The van der Waals surface area contributed by atoms with E-state index in [9.17, 15) is 13.2 Å². The lowest BCUT2D eigenvalue weighted by Crippen LogP contribution is -2.24. The molecule has 1 heterocycles. The zero-order chi connectivity index (χ0) is 19.4. The van der Waals surface area contributed by atoms with Crippen LogP contribution in [0.15, 0.2) is 30.3 Å². The van der Waals surface area contributed by atoms with E-state index in [1.165, 1.54) is 24.3 Å². The summed E-state index contributed by atoms with van der Waals surface area (Å²) in [4.78, 5) is 0. The van der Waals surface area contributed by atoms with E-state index in [1.807, 2.05) is 6.92 Å². The second-order valence-corrected chi connectivity index (χ2v) is 7.11. The summed E-state index contributed by atoms with van der Waals surface area (Å²) in [6.07, 6.45) is 2.70. The predicted molar refractivity (Wildman–Crippen MR) is 99.0 cm³/mol. The molecule has 0 spiro atoms. The monoisotopic (exact) mass is 378 g/mol. The van der Waals surface area contributed by atoms with Crippen molar-refractivity contribution in [3.63, 3.8) is 0 Å². The molecule has 0 amide bonds. The summed E-state index contributed by atoms with van der Waals surface area (Å²) in [5, 5.41) is 0. The third-order valence-electron chi connectivity index (χ3n) is 5.11. The van der Waals surface area contributed by atoms with Crippen molar-refractivity contribution in [2.75, 3.05) is 20.3 Å². The molecule has 0 N–H and O–H groups in total. The van der Waals surface area contributed by atoms with E-state index in [0.717, 1.165) is 18.4 Å². The molecule has 2 aromatic rings. The quantitative estimate of drug-likeness (QED) is 0.629. The SMILES string of the molecule is CCCc1ccc(-c2ccc(C3CCC(COC)CO3)cc2F)c(F)c1F. The summed E-state index contributed by atoms with van der Waals surface area (Å²) in [5.41, 5.74) is 1.04. The Hall–Kier alpha value is -1.85. The van der Waals surface area contributed by atoms with E-state index >= 15 is 0 Å². The van der Waals surface area contributed by atoms with Gasteiger partial charge in [-0.15, -0.1) is 0 Å². The molecule has 1 saturated heterocycles. The highest BCUT2D eigenvalue weighted by Gasteiger charge is 2.24. The molecular weight excluding hydrogens is 353 g/mol. The molecule has 2 aromatic carbocycles. The molecule has 0 radical (unpaired) electrons. The van der Waals surface area contributed by atoms with Gasteiger partial charge in [0.15, 0.2) is 11.6 Å². The summed E-state index contributed by atoms with van der Waals surface area (Å²) in [6, 6.07) is 7.59. The highest BCUT2D eigenvalue weighted by atomic mass is 19.2. The number of hydrogen-bond acceptors (Lipinski definition) is 2. The van der Waals surface area contributed by atoms with Gasteiger partial charge in [0.2, 0.25) is 0 Å². The molecule has 3 rings (SSSR count). The molecule has 1 aliphatic rings. The fraction of sp³-hybridized carbons (Fsp3) is 0.455. The predicted octanol–water partition coefficient (Wildman–Crippen LogP) is 5.84. The lowest BCUT2D eigenvalue weighted by atomic mass is 9.93. The van der Waals surface area contributed by atoms with Crippen molar-refractivity contribution < 1.29 is 22.6 Å². The molecule has 1 aliphatic heterocycles. The van der Waals surface area contributed by atoms with Gasteiger partial charge in [0, 0.05) is 24.2 Å². The smallest absolute Gasteiger partial charge is 0.167 e. The normalized spacial score (nSPS) is 20.0. The van der Waals surface area contributed by atoms with Crippen molar-refractivity contribution in [2.24, 2.45) is 5.92 Å². The zero-order valence-electron chi connectivity index (χ0n) is 15.7. The van der Waals surface area contributed by atoms with E-state index in [0.29, 0.717) is 37.5 Å². The number of rotatable bonds is 6. The molecule has 0 aliphatic carbocycles. The maximum Gasteiger partial charge on any atom is 0.167 e. The standard InChI is InChI=1S/C22H25F3O2/c1-3-4-15-6-9-18(22(25)21(15)24)17-8-7-16(11-19(17)23)20-10-5-14(12-26-2)13-27-20/h6-9,11,14,20H,3-5,10,12-13H2,1-2H3. The number of halogens is 3. The van der Waals surface area contributed by atoms with Gasteiger partial charge < -0.3 is 9.47 Å². The Morgan fingerprint density at radius 3 is 2.44 bits per heavy atom. The number of methoxy groups -OCH3 is 1. The topological polar surface area (TPSA) is 18.5 Å². The van der Waals surface area contributed by atoms with Gasteiger partial charge in [0.05, 0.1) is 19.3 Å². The Labute approximate surface area is 158 Å². The van der Waals surface area contributed by atoms with Crippen molar-refractivity contribution >= 4 is 0 Å². The third-order valence-corrected chi connectivity index (χ3v) is 5.11. The Morgan fingerprint density at radius 2 is 1.81 bits per heavy atom. The van der Waals surface area contributed by atoms with E-state index in [2.05, 4.69) is 0 Å². The first-order chi connectivity index (χ1) is 13.0. The lowest BCUT2D eigenvalue weighted by molar-refractivity contribution is -0.0372. The molecule has 0 bridgehead atoms. The number of hydrogen-bond donors (Lipinski definition) is 0. The minimum absolute atomic E-state index is 0.0545. The molecule has 0 saturated carbocycles. The van der Waals surface area contributed by atoms with Gasteiger partial charge in [0.25, 0.3) is 0 Å². The molecule has 2 nitrogen and oxygen atoms in total. The first kappa shape index (κ1) is 19.9. The minimum atomic E-state index is -0.996. The van der Waals surface area contributed by atoms with Crippen LogP contribution >= 0.6 is 0 Å². The first-order valence-corrected chi connectivity index (χ1v) is 9.42. The molecule has 5 heteroatoms. The van der Waals surface area contributed by atoms with Gasteiger partial charge in [-0.05, 0) is 36.5 Å². The van der Waals surface area contributed by atoms with Crippen LogP contribution in [-0.4, -0.2) is 20.3 Å². The van der Waals surface area contributed by atoms with Gasteiger partial charge in [-0.1, -0.05) is 37.6 Å². The average Bonchev–Trinajstić information content (AvgIpc) is 2.67. The van der Waals surface area contributed by atoms with Crippen LogP contribution in [0.2, 0.25) is 0 Å². The number of ether oxygens (including phenoxy) is 2. The van der Waals surface area contributed by atoms with Crippen LogP contribution in [0.5, 0.6) is 0 Å². The third kappa shape index (κ3) is 4.36. The van der Waals surface area contributed by atoms with E-state index in [1.54, 1.807) is 13.2 Å². The van der Waals surface area contributed by atoms with Crippen LogP contribution < -0.4 is 0 Å². The Kier molecular flexibility index (Phi) is 6.55. The van der Waals surface area contributed by atoms with Crippen LogP contribution in [-0.2, 0) is 15.9 Å². The fourth-order valence-electron chi connectivity index (χ4n) is 3.65. The van der Waals surface area contributed by atoms with Crippen LogP contribution in [0.25, 0.3) is 11.1 Å². The summed E-state index contributed by atoms with van der Waals surface area (Å²) in [7, 11) is 1.66.